The molecule has 0 radical (unpaired) electrons. The van der Waals surface area contributed by atoms with Crippen molar-refractivity contribution in [1.82, 2.24) is 0 Å². The van der Waals surface area contributed by atoms with Crippen LogP contribution in [0.5, 0.6) is 5.75 Å². The Morgan fingerprint density at radius 3 is 2.75 bits per heavy atom. The van der Waals surface area contributed by atoms with Crippen molar-refractivity contribution < 1.29 is 14.6 Å². The van der Waals surface area contributed by atoms with E-state index in [2.05, 4.69) is 6.58 Å². The lowest BCUT2D eigenvalue weighted by atomic mass is 10.1. The fourth-order valence-electron chi connectivity index (χ4n) is 1.24. The summed E-state index contributed by atoms with van der Waals surface area (Å²) in [5.74, 6) is -0.232. The SMILES string of the molecule is C=C(CC)COc1ccccc1CC(=O)O. The zero-order valence-corrected chi connectivity index (χ0v) is 9.40. The van der Waals surface area contributed by atoms with Crippen molar-refractivity contribution >= 4 is 5.97 Å². The molecule has 0 aliphatic heterocycles. The van der Waals surface area contributed by atoms with E-state index in [0.717, 1.165) is 12.0 Å². The van der Waals surface area contributed by atoms with Crippen LogP contribution in [0.4, 0.5) is 0 Å². The van der Waals surface area contributed by atoms with Crippen LogP contribution in [-0.2, 0) is 11.2 Å². The molecule has 16 heavy (non-hydrogen) atoms. The molecular formula is C13H16O3. The van der Waals surface area contributed by atoms with Gasteiger partial charge in [0.15, 0.2) is 0 Å². The van der Waals surface area contributed by atoms with Crippen LogP contribution in [0.3, 0.4) is 0 Å². The Hall–Kier alpha value is -1.77. The molecule has 0 atom stereocenters. The summed E-state index contributed by atoms with van der Waals surface area (Å²) >= 11 is 0. The lowest BCUT2D eigenvalue weighted by Gasteiger charge is -2.10. The van der Waals surface area contributed by atoms with Gasteiger partial charge in [-0.1, -0.05) is 31.7 Å². The average molecular weight is 220 g/mol. The molecule has 0 spiro atoms. The maximum Gasteiger partial charge on any atom is 0.307 e. The molecule has 3 heteroatoms. The summed E-state index contributed by atoms with van der Waals surface area (Å²) in [7, 11) is 0. The Kier molecular flexibility index (Phi) is 4.58. The second kappa shape index (κ2) is 5.95. The molecule has 1 rings (SSSR count). The fraction of sp³-hybridized carbons (Fsp3) is 0.308. The second-order valence-electron chi connectivity index (χ2n) is 3.57. The predicted octanol–water partition coefficient (Wildman–Crippen LogP) is 2.66. The Morgan fingerprint density at radius 2 is 2.12 bits per heavy atom. The number of carbonyl (C=O) groups is 1. The van der Waals surface area contributed by atoms with Gasteiger partial charge in [-0.2, -0.15) is 0 Å². The van der Waals surface area contributed by atoms with Gasteiger partial charge in [-0.3, -0.25) is 4.79 Å². The van der Waals surface area contributed by atoms with Gasteiger partial charge in [0, 0.05) is 5.56 Å². The zero-order chi connectivity index (χ0) is 12.0. The maximum absolute atomic E-state index is 10.6. The van der Waals surface area contributed by atoms with Gasteiger partial charge in [-0.15, -0.1) is 0 Å². The first-order chi connectivity index (χ1) is 7.63. The van der Waals surface area contributed by atoms with Gasteiger partial charge in [0.25, 0.3) is 0 Å². The lowest BCUT2D eigenvalue weighted by molar-refractivity contribution is -0.136. The molecule has 0 unspecified atom stereocenters. The highest BCUT2D eigenvalue weighted by Crippen LogP contribution is 2.19. The average Bonchev–Trinajstić information content (AvgIpc) is 2.26. The highest BCUT2D eigenvalue weighted by Gasteiger charge is 2.07. The smallest absolute Gasteiger partial charge is 0.307 e. The molecule has 0 fully saturated rings. The van der Waals surface area contributed by atoms with E-state index < -0.39 is 5.97 Å². The summed E-state index contributed by atoms with van der Waals surface area (Å²) in [5, 5.41) is 8.74. The number of carboxylic acids is 1. The van der Waals surface area contributed by atoms with Gasteiger partial charge in [0.05, 0.1) is 6.42 Å². The lowest BCUT2D eigenvalue weighted by Crippen LogP contribution is -2.05. The van der Waals surface area contributed by atoms with Crippen molar-refractivity contribution in [3.8, 4) is 5.75 Å². The van der Waals surface area contributed by atoms with Crippen LogP contribution >= 0.6 is 0 Å². The summed E-state index contributed by atoms with van der Waals surface area (Å²) in [4.78, 5) is 10.6. The monoisotopic (exact) mass is 220 g/mol. The van der Waals surface area contributed by atoms with Crippen molar-refractivity contribution in [2.24, 2.45) is 0 Å². The van der Waals surface area contributed by atoms with Crippen LogP contribution in [0, 0.1) is 0 Å². The number of hydrogen-bond donors (Lipinski definition) is 1. The van der Waals surface area contributed by atoms with E-state index in [1.807, 2.05) is 13.0 Å². The third-order valence-electron chi connectivity index (χ3n) is 2.25. The van der Waals surface area contributed by atoms with E-state index in [-0.39, 0.29) is 6.42 Å². The molecular weight excluding hydrogens is 204 g/mol. The van der Waals surface area contributed by atoms with Gasteiger partial charge in [-0.25, -0.2) is 0 Å². The van der Waals surface area contributed by atoms with Crippen LogP contribution in [0.1, 0.15) is 18.9 Å². The Morgan fingerprint density at radius 1 is 1.44 bits per heavy atom. The summed E-state index contributed by atoms with van der Waals surface area (Å²) in [6, 6.07) is 7.18. The van der Waals surface area contributed by atoms with Gasteiger partial charge >= 0.3 is 5.97 Å². The van der Waals surface area contributed by atoms with E-state index in [1.54, 1.807) is 18.2 Å². The predicted molar refractivity (Wildman–Crippen MR) is 62.7 cm³/mol. The Labute approximate surface area is 95.4 Å². The van der Waals surface area contributed by atoms with Crippen LogP contribution < -0.4 is 4.74 Å². The van der Waals surface area contributed by atoms with E-state index in [4.69, 9.17) is 9.84 Å². The molecule has 0 aromatic heterocycles. The molecule has 0 aliphatic carbocycles. The molecule has 3 nitrogen and oxygen atoms in total. The number of para-hydroxylation sites is 1. The number of rotatable bonds is 6. The summed E-state index contributed by atoms with van der Waals surface area (Å²) in [6.45, 7) is 6.28. The first kappa shape index (κ1) is 12.3. The number of aliphatic carboxylic acids is 1. The number of ether oxygens (including phenoxy) is 1. The molecule has 86 valence electrons. The van der Waals surface area contributed by atoms with Crippen molar-refractivity contribution in [1.29, 1.82) is 0 Å². The van der Waals surface area contributed by atoms with Crippen molar-refractivity contribution in [3.63, 3.8) is 0 Å². The molecule has 0 aliphatic rings. The molecule has 0 saturated carbocycles. The van der Waals surface area contributed by atoms with Crippen LogP contribution in [0.2, 0.25) is 0 Å². The largest absolute Gasteiger partial charge is 0.489 e. The number of hydrogen-bond acceptors (Lipinski definition) is 2. The molecule has 1 aromatic rings. The molecule has 0 saturated heterocycles. The van der Waals surface area contributed by atoms with E-state index in [9.17, 15) is 4.79 Å². The topological polar surface area (TPSA) is 46.5 Å². The quantitative estimate of drug-likeness (QED) is 0.750. The van der Waals surface area contributed by atoms with Crippen LogP contribution in [0.15, 0.2) is 36.4 Å². The minimum atomic E-state index is -0.856. The third kappa shape index (κ3) is 3.77. The fourth-order valence-corrected chi connectivity index (χ4v) is 1.24. The summed E-state index contributed by atoms with van der Waals surface area (Å²) in [5.41, 5.74) is 1.68. The standard InChI is InChI=1S/C13H16O3/c1-3-10(2)9-16-12-7-5-4-6-11(12)8-13(14)15/h4-7H,2-3,8-9H2,1H3,(H,14,15). The minimum Gasteiger partial charge on any atom is -0.489 e. The summed E-state index contributed by atoms with van der Waals surface area (Å²) in [6.07, 6.45) is 0.843. The maximum atomic E-state index is 10.6. The van der Waals surface area contributed by atoms with E-state index >= 15 is 0 Å². The van der Waals surface area contributed by atoms with Crippen LogP contribution in [-0.4, -0.2) is 17.7 Å². The van der Waals surface area contributed by atoms with Gasteiger partial charge < -0.3 is 9.84 Å². The highest BCUT2D eigenvalue weighted by molar-refractivity contribution is 5.71. The van der Waals surface area contributed by atoms with Crippen molar-refractivity contribution in [2.75, 3.05) is 6.61 Å². The first-order valence-electron chi connectivity index (χ1n) is 5.22. The first-order valence-corrected chi connectivity index (χ1v) is 5.22. The normalized spacial score (nSPS) is 9.81. The Balaban J connectivity index is 2.70. The molecule has 1 N–H and O–H groups in total. The van der Waals surface area contributed by atoms with Crippen LogP contribution in [0.25, 0.3) is 0 Å². The second-order valence-corrected chi connectivity index (χ2v) is 3.57. The molecule has 1 aromatic carbocycles. The molecule has 0 amide bonds. The van der Waals surface area contributed by atoms with Gasteiger partial charge in [-0.05, 0) is 18.1 Å². The van der Waals surface area contributed by atoms with E-state index in [0.29, 0.717) is 17.9 Å². The minimum absolute atomic E-state index is 0.0191. The molecule has 0 heterocycles. The van der Waals surface area contributed by atoms with Crippen molar-refractivity contribution in [2.45, 2.75) is 19.8 Å². The number of benzene rings is 1. The van der Waals surface area contributed by atoms with Gasteiger partial charge in [0.2, 0.25) is 0 Å². The highest BCUT2D eigenvalue weighted by atomic mass is 16.5. The third-order valence-corrected chi connectivity index (χ3v) is 2.25. The Bertz CT molecular complexity index is 383. The van der Waals surface area contributed by atoms with Crippen molar-refractivity contribution in [3.05, 3.63) is 42.0 Å². The summed E-state index contributed by atoms with van der Waals surface area (Å²) < 4.78 is 5.53. The molecule has 0 bridgehead atoms. The van der Waals surface area contributed by atoms with E-state index in [1.165, 1.54) is 0 Å². The van der Waals surface area contributed by atoms with Gasteiger partial charge in [0.1, 0.15) is 12.4 Å². The number of carboxylic acid groups (broad SMARTS) is 1. The zero-order valence-electron chi connectivity index (χ0n) is 9.40.